The number of nitrogens with one attached hydrogen (secondary N) is 1. The Bertz CT molecular complexity index is 576. The molecule has 1 fully saturated rings. The minimum absolute atomic E-state index is 0.706. The summed E-state index contributed by atoms with van der Waals surface area (Å²) in [5.74, 6) is 0. The molecule has 1 aromatic rings. The van der Waals surface area contributed by atoms with Crippen LogP contribution in [0.5, 0.6) is 0 Å². The first-order valence-electron chi connectivity index (χ1n) is 6.00. The lowest BCUT2D eigenvalue weighted by atomic mass is 9.95. The number of ether oxygens (including phenoxy) is 1. The summed E-state index contributed by atoms with van der Waals surface area (Å²) in [4.78, 5) is 11.2. The van der Waals surface area contributed by atoms with Crippen molar-refractivity contribution >= 4 is 12.0 Å². The third kappa shape index (κ3) is 1.37. The number of allylic oxidation sites excluding steroid dienone is 2. The Morgan fingerprint density at radius 2 is 2.00 bits per heavy atom. The van der Waals surface area contributed by atoms with Crippen LogP contribution in [0.3, 0.4) is 0 Å². The van der Waals surface area contributed by atoms with Gasteiger partial charge in [0.15, 0.2) is 17.6 Å². The summed E-state index contributed by atoms with van der Waals surface area (Å²) < 4.78 is 5.65. The van der Waals surface area contributed by atoms with Gasteiger partial charge < -0.3 is 10.1 Å². The maximum absolute atomic E-state index is 11.2. The molecular formula is C15H15NO2. The maximum Gasteiger partial charge on any atom is 0.200 e. The van der Waals surface area contributed by atoms with Crippen LogP contribution in [0.4, 0.5) is 5.69 Å². The molecule has 1 saturated heterocycles. The smallest absolute Gasteiger partial charge is 0.200 e. The van der Waals surface area contributed by atoms with Gasteiger partial charge in [-0.2, -0.15) is 0 Å². The van der Waals surface area contributed by atoms with E-state index in [1.54, 1.807) is 6.08 Å². The lowest BCUT2D eigenvalue weighted by molar-refractivity contribution is -0.110. The van der Waals surface area contributed by atoms with Gasteiger partial charge in [0.1, 0.15) is 0 Å². The molecule has 1 N–H and O–H groups in total. The summed E-state index contributed by atoms with van der Waals surface area (Å²) in [7, 11) is 0. The lowest BCUT2D eigenvalue weighted by Gasteiger charge is -2.18. The largest absolute Gasteiger partial charge is 0.351 e. The minimum atomic E-state index is -0.835. The molecule has 18 heavy (non-hydrogen) atoms. The highest BCUT2D eigenvalue weighted by Crippen LogP contribution is 2.51. The van der Waals surface area contributed by atoms with Gasteiger partial charge in [0.2, 0.25) is 0 Å². The molecule has 1 aliphatic heterocycles. The van der Waals surface area contributed by atoms with Gasteiger partial charge >= 0.3 is 0 Å². The van der Waals surface area contributed by atoms with E-state index < -0.39 is 11.3 Å². The number of benzene rings is 1. The van der Waals surface area contributed by atoms with Crippen LogP contribution in [0.15, 0.2) is 42.5 Å². The molecule has 3 nitrogen and oxygen atoms in total. The molecule has 1 aromatic carbocycles. The van der Waals surface area contributed by atoms with E-state index >= 15 is 0 Å². The first-order valence-corrected chi connectivity index (χ1v) is 6.00. The summed E-state index contributed by atoms with van der Waals surface area (Å²) in [5.41, 5.74) is 1.84. The Morgan fingerprint density at radius 3 is 2.78 bits per heavy atom. The number of hydrogen-bond donors (Lipinski definition) is 1. The first kappa shape index (κ1) is 11.2. The number of aldehydes is 1. The molecule has 2 unspecified atom stereocenters. The monoisotopic (exact) mass is 241 g/mol. The van der Waals surface area contributed by atoms with Crippen molar-refractivity contribution in [2.75, 3.05) is 5.32 Å². The van der Waals surface area contributed by atoms with Gasteiger partial charge in [-0.3, -0.25) is 4.79 Å². The average Bonchev–Trinajstić information content (AvgIpc) is 3.04. The Hall–Kier alpha value is -1.87. The standard InChI is InChI=1S/C15H15NO2/c1-11-6-5-7-13(12(11)2)16-15-9-4-3-8-14(15,10-17)18-15/h3-10,16H,1-2H3. The van der Waals surface area contributed by atoms with E-state index in [0.29, 0.717) is 0 Å². The molecular weight excluding hydrogens is 226 g/mol. The summed E-state index contributed by atoms with van der Waals surface area (Å²) in [6.45, 7) is 4.12. The third-order valence-corrected chi connectivity index (χ3v) is 3.75. The van der Waals surface area contributed by atoms with Crippen molar-refractivity contribution < 1.29 is 9.53 Å². The van der Waals surface area contributed by atoms with Crippen molar-refractivity contribution in [1.29, 1.82) is 0 Å². The Balaban J connectivity index is 1.95. The topological polar surface area (TPSA) is 41.6 Å². The lowest BCUT2D eigenvalue weighted by Crippen LogP contribution is -2.33. The number of aryl methyl sites for hydroxylation is 1. The molecule has 0 radical (unpaired) electrons. The van der Waals surface area contributed by atoms with Crippen LogP contribution in [0.1, 0.15) is 11.1 Å². The van der Waals surface area contributed by atoms with Crippen LogP contribution in [0.25, 0.3) is 0 Å². The van der Waals surface area contributed by atoms with Crippen LogP contribution >= 0.6 is 0 Å². The van der Waals surface area contributed by atoms with Gasteiger partial charge in [-0.25, -0.2) is 0 Å². The SMILES string of the molecule is Cc1cccc(NC23C=CC=CC2(C=O)O3)c1C. The quantitative estimate of drug-likeness (QED) is 0.653. The summed E-state index contributed by atoms with van der Waals surface area (Å²) in [5, 5.41) is 3.34. The van der Waals surface area contributed by atoms with Crippen molar-refractivity contribution in [2.45, 2.75) is 25.2 Å². The van der Waals surface area contributed by atoms with Gasteiger partial charge in [0, 0.05) is 5.69 Å². The Kier molecular flexibility index (Phi) is 2.22. The van der Waals surface area contributed by atoms with E-state index in [0.717, 1.165) is 12.0 Å². The maximum atomic E-state index is 11.2. The van der Waals surface area contributed by atoms with Gasteiger partial charge in [-0.1, -0.05) is 24.3 Å². The molecule has 0 bridgehead atoms. The third-order valence-electron chi connectivity index (χ3n) is 3.75. The number of carbonyl (C=O) groups is 1. The fourth-order valence-corrected chi connectivity index (χ4v) is 2.35. The van der Waals surface area contributed by atoms with Crippen molar-refractivity contribution in [3.63, 3.8) is 0 Å². The number of carbonyl (C=O) groups excluding carboxylic acids is 1. The zero-order valence-electron chi connectivity index (χ0n) is 10.4. The van der Waals surface area contributed by atoms with Crippen LogP contribution in [-0.4, -0.2) is 17.6 Å². The van der Waals surface area contributed by atoms with Crippen molar-refractivity contribution in [1.82, 2.24) is 0 Å². The normalized spacial score (nSPS) is 31.9. The van der Waals surface area contributed by atoms with Crippen molar-refractivity contribution in [2.24, 2.45) is 0 Å². The highest BCUT2D eigenvalue weighted by molar-refractivity contribution is 5.79. The number of anilines is 1. The van der Waals surface area contributed by atoms with Crippen LogP contribution in [-0.2, 0) is 9.53 Å². The molecule has 92 valence electrons. The predicted molar refractivity (Wildman–Crippen MR) is 70.4 cm³/mol. The molecule has 0 aromatic heterocycles. The van der Waals surface area contributed by atoms with Gasteiger partial charge in [0.25, 0.3) is 0 Å². The fourth-order valence-electron chi connectivity index (χ4n) is 2.35. The minimum Gasteiger partial charge on any atom is -0.351 e. The van der Waals surface area contributed by atoms with Crippen molar-refractivity contribution in [3.8, 4) is 0 Å². The van der Waals surface area contributed by atoms with Crippen LogP contribution in [0.2, 0.25) is 0 Å². The highest BCUT2D eigenvalue weighted by Gasteiger charge is 2.69. The summed E-state index contributed by atoms with van der Waals surface area (Å²) in [6.07, 6.45) is 8.27. The zero-order valence-corrected chi connectivity index (χ0v) is 10.4. The Morgan fingerprint density at radius 1 is 1.22 bits per heavy atom. The molecule has 0 amide bonds. The summed E-state index contributed by atoms with van der Waals surface area (Å²) >= 11 is 0. The van der Waals surface area contributed by atoms with Gasteiger partial charge in [-0.05, 0) is 43.2 Å². The van der Waals surface area contributed by atoms with Gasteiger partial charge in [-0.15, -0.1) is 0 Å². The van der Waals surface area contributed by atoms with Crippen molar-refractivity contribution in [3.05, 3.63) is 53.6 Å². The Labute approximate surface area is 106 Å². The van der Waals surface area contributed by atoms with E-state index in [-0.39, 0.29) is 0 Å². The molecule has 2 atom stereocenters. The molecule has 0 spiro atoms. The molecule has 3 heteroatoms. The molecule has 2 aliphatic rings. The first-order chi connectivity index (χ1) is 8.62. The fraction of sp³-hybridized carbons (Fsp3) is 0.267. The summed E-state index contributed by atoms with van der Waals surface area (Å²) in [6, 6.07) is 6.06. The predicted octanol–water partition coefficient (Wildman–Crippen LogP) is 2.51. The second-order valence-electron chi connectivity index (χ2n) is 4.84. The van der Waals surface area contributed by atoms with E-state index in [9.17, 15) is 4.79 Å². The molecule has 3 rings (SSSR count). The van der Waals surface area contributed by atoms with Gasteiger partial charge in [0.05, 0.1) is 0 Å². The number of hydrogen-bond acceptors (Lipinski definition) is 3. The molecule has 1 aliphatic carbocycles. The van der Waals surface area contributed by atoms with E-state index in [2.05, 4.69) is 25.2 Å². The van der Waals surface area contributed by atoms with E-state index in [4.69, 9.17) is 4.74 Å². The van der Waals surface area contributed by atoms with E-state index in [1.807, 2.05) is 30.4 Å². The zero-order chi connectivity index (χ0) is 12.8. The average molecular weight is 241 g/mol. The number of fused-ring (bicyclic) bond motifs is 1. The number of rotatable bonds is 3. The highest BCUT2D eigenvalue weighted by atomic mass is 16.7. The second-order valence-corrected chi connectivity index (χ2v) is 4.84. The van der Waals surface area contributed by atoms with Crippen LogP contribution in [0, 0.1) is 13.8 Å². The van der Waals surface area contributed by atoms with Crippen LogP contribution < -0.4 is 5.32 Å². The second kappa shape index (κ2) is 3.56. The number of epoxide rings is 1. The van der Waals surface area contributed by atoms with E-state index in [1.165, 1.54) is 11.1 Å². The molecule has 1 heterocycles. The molecule has 0 saturated carbocycles.